The van der Waals surface area contributed by atoms with Crippen LogP contribution in [-0.2, 0) is 6.54 Å². The topological polar surface area (TPSA) is 54.2 Å². The third-order valence-corrected chi connectivity index (χ3v) is 3.46. The van der Waals surface area contributed by atoms with Crippen molar-refractivity contribution in [2.75, 3.05) is 26.2 Å². The maximum Gasteiger partial charge on any atom is 0.260 e. The molecule has 3 rings (SSSR count). The first-order chi connectivity index (χ1) is 9.74. The molecule has 1 fully saturated rings. The minimum atomic E-state index is -0.301. The van der Waals surface area contributed by atoms with Crippen LogP contribution in [-0.4, -0.2) is 41.2 Å². The van der Waals surface area contributed by atoms with Gasteiger partial charge in [-0.2, -0.15) is 4.98 Å². The fourth-order valence-corrected chi connectivity index (χ4v) is 2.31. The summed E-state index contributed by atoms with van der Waals surface area (Å²) < 4.78 is 19.2. The smallest absolute Gasteiger partial charge is 0.260 e. The quantitative estimate of drug-likeness (QED) is 0.922. The molecule has 1 aromatic carbocycles. The second kappa shape index (κ2) is 5.68. The van der Waals surface area contributed by atoms with Gasteiger partial charge in [0.15, 0.2) is 5.82 Å². The van der Waals surface area contributed by atoms with Gasteiger partial charge in [0, 0.05) is 26.2 Å². The highest BCUT2D eigenvalue weighted by Crippen LogP contribution is 2.23. The van der Waals surface area contributed by atoms with Gasteiger partial charge in [0.25, 0.3) is 5.89 Å². The molecule has 0 amide bonds. The van der Waals surface area contributed by atoms with E-state index in [9.17, 15) is 4.39 Å². The molecule has 2 aromatic rings. The number of benzene rings is 1. The Balaban J connectivity index is 1.77. The Kier molecular flexibility index (Phi) is 3.75. The summed E-state index contributed by atoms with van der Waals surface area (Å²) in [6.07, 6.45) is 0. The fraction of sp³-hybridized carbons (Fsp3) is 0.429. The van der Waals surface area contributed by atoms with Crippen LogP contribution < -0.4 is 5.32 Å². The van der Waals surface area contributed by atoms with Gasteiger partial charge in [-0.1, -0.05) is 17.3 Å². The molecule has 0 saturated carbocycles. The molecule has 20 heavy (non-hydrogen) atoms. The largest absolute Gasteiger partial charge is 0.334 e. The predicted molar refractivity (Wildman–Crippen MR) is 72.6 cm³/mol. The summed E-state index contributed by atoms with van der Waals surface area (Å²) in [7, 11) is 0. The molecule has 1 aliphatic heterocycles. The number of aryl methyl sites for hydroxylation is 1. The minimum absolute atomic E-state index is 0.247. The first kappa shape index (κ1) is 13.2. The Labute approximate surface area is 116 Å². The number of hydrogen-bond donors (Lipinski definition) is 1. The lowest BCUT2D eigenvalue weighted by atomic mass is 10.1. The fourth-order valence-electron chi connectivity index (χ4n) is 2.31. The van der Waals surface area contributed by atoms with E-state index in [1.54, 1.807) is 25.1 Å². The van der Waals surface area contributed by atoms with Gasteiger partial charge in [-0.05, 0) is 18.6 Å². The van der Waals surface area contributed by atoms with E-state index < -0.39 is 0 Å². The van der Waals surface area contributed by atoms with E-state index in [-0.39, 0.29) is 11.7 Å². The number of nitrogens with one attached hydrogen (secondary N) is 1. The lowest BCUT2D eigenvalue weighted by Gasteiger charge is -2.25. The molecule has 0 aliphatic carbocycles. The summed E-state index contributed by atoms with van der Waals surface area (Å²) in [6.45, 7) is 6.22. The first-order valence-corrected chi connectivity index (χ1v) is 6.75. The third kappa shape index (κ3) is 2.71. The molecular formula is C14H17FN4O. The van der Waals surface area contributed by atoms with Crippen LogP contribution in [0.25, 0.3) is 11.5 Å². The number of nitrogens with zero attached hydrogens (tertiary/aromatic N) is 3. The Bertz CT molecular complexity index is 593. The number of aromatic nitrogens is 2. The lowest BCUT2D eigenvalue weighted by molar-refractivity contribution is 0.225. The van der Waals surface area contributed by atoms with Crippen molar-refractivity contribution in [3.63, 3.8) is 0 Å². The summed E-state index contributed by atoms with van der Waals surface area (Å²) in [5.41, 5.74) is 0.938. The van der Waals surface area contributed by atoms with E-state index in [4.69, 9.17) is 4.52 Å². The highest BCUT2D eigenvalue weighted by atomic mass is 19.1. The first-order valence-electron chi connectivity index (χ1n) is 6.75. The third-order valence-electron chi connectivity index (χ3n) is 3.46. The second-order valence-corrected chi connectivity index (χ2v) is 4.98. The minimum Gasteiger partial charge on any atom is -0.334 e. The Hall–Kier alpha value is -1.79. The van der Waals surface area contributed by atoms with Gasteiger partial charge in [-0.25, -0.2) is 4.39 Å². The van der Waals surface area contributed by atoms with Crippen LogP contribution in [0.15, 0.2) is 22.7 Å². The molecule has 0 atom stereocenters. The molecule has 6 heteroatoms. The van der Waals surface area contributed by atoms with Crippen LogP contribution in [0.1, 0.15) is 11.4 Å². The van der Waals surface area contributed by atoms with E-state index in [0.717, 1.165) is 26.2 Å². The molecule has 1 aliphatic rings. The number of hydrogen-bond acceptors (Lipinski definition) is 5. The molecule has 0 spiro atoms. The van der Waals surface area contributed by atoms with Gasteiger partial charge in [0.1, 0.15) is 5.82 Å². The van der Waals surface area contributed by atoms with Crippen molar-refractivity contribution < 1.29 is 8.91 Å². The maximum atomic E-state index is 14.0. The average Bonchev–Trinajstić information content (AvgIpc) is 2.91. The van der Waals surface area contributed by atoms with Crippen molar-refractivity contribution in [2.45, 2.75) is 13.5 Å². The summed E-state index contributed by atoms with van der Waals surface area (Å²) in [5, 5.41) is 7.23. The van der Waals surface area contributed by atoms with Crippen molar-refractivity contribution in [1.82, 2.24) is 20.4 Å². The molecule has 2 heterocycles. The number of halogens is 1. The zero-order valence-corrected chi connectivity index (χ0v) is 11.4. The molecular weight excluding hydrogens is 259 g/mol. The Morgan fingerprint density at radius 1 is 1.35 bits per heavy atom. The monoisotopic (exact) mass is 276 g/mol. The summed E-state index contributed by atoms with van der Waals surface area (Å²) in [4.78, 5) is 6.54. The van der Waals surface area contributed by atoms with E-state index >= 15 is 0 Å². The number of rotatable bonds is 3. The Morgan fingerprint density at radius 3 is 2.95 bits per heavy atom. The van der Waals surface area contributed by atoms with Gasteiger partial charge < -0.3 is 9.84 Å². The summed E-state index contributed by atoms with van der Waals surface area (Å²) in [6, 6.07) is 5.16. The van der Waals surface area contributed by atoms with Crippen LogP contribution in [0.5, 0.6) is 0 Å². The van der Waals surface area contributed by atoms with Crippen LogP contribution >= 0.6 is 0 Å². The maximum absolute atomic E-state index is 14.0. The van der Waals surface area contributed by atoms with Crippen LogP contribution in [0.4, 0.5) is 4.39 Å². The van der Waals surface area contributed by atoms with Crippen LogP contribution in [0.3, 0.4) is 0 Å². The van der Waals surface area contributed by atoms with Crippen LogP contribution in [0.2, 0.25) is 0 Å². The molecule has 1 saturated heterocycles. The molecule has 5 nitrogen and oxygen atoms in total. The zero-order valence-electron chi connectivity index (χ0n) is 11.4. The van der Waals surface area contributed by atoms with E-state index in [1.165, 1.54) is 0 Å². The standard InChI is InChI=1S/C14H17FN4O/c1-10-3-2-4-11(13(10)15)14-17-12(18-20-14)9-19-7-5-16-6-8-19/h2-4,16H,5-9H2,1H3. The van der Waals surface area contributed by atoms with E-state index in [1.807, 2.05) is 0 Å². The summed E-state index contributed by atoms with van der Waals surface area (Å²) >= 11 is 0. The highest BCUT2D eigenvalue weighted by Gasteiger charge is 2.17. The average molecular weight is 276 g/mol. The van der Waals surface area contributed by atoms with Crippen molar-refractivity contribution in [3.8, 4) is 11.5 Å². The zero-order chi connectivity index (χ0) is 13.9. The molecule has 0 radical (unpaired) electrons. The van der Waals surface area contributed by atoms with Crippen molar-refractivity contribution in [3.05, 3.63) is 35.4 Å². The molecule has 1 N–H and O–H groups in total. The molecule has 0 unspecified atom stereocenters. The number of piperazine rings is 1. The van der Waals surface area contributed by atoms with Gasteiger partial charge in [-0.3, -0.25) is 4.90 Å². The second-order valence-electron chi connectivity index (χ2n) is 4.98. The SMILES string of the molecule is Cc1cccc(-c2nc(CN3CCNCC3)no2)c1F. The van der Waals surface area contributed by atoms with Crippen molar-refractivity contribution in [2.24, 2.45) is 0 Å². The normalized spacial score (nSPS) is 16.5. The van der Waals surface area contributed by atoms with Crippen molar-refractivity contribution in [1.29, 1.82) is 0 Å². The van der Waals surface area contributed by atoms with Crippen LogP contribution in [0, 0.1) is 12.7 Å². The molecule has 106 valence electrons. The van der Waals surface area contributed by atoms with Gasteiger partial charge in [-0.15, -0.1) is 0 Å². The molecule has 0 bridgehead atoms. The van der Waals surface area contributed by atoms with Gasteiger partial charge in [0.2, 0.25) is 0 Å². The molecule has 1 aromatic heterocycles. The van der Waals surface area contributed by atoms with Crippen molar-refractivity contribution >= 4 is 0 Å². The highest BCUT2D eigenvalue weighted by molar-refractivity contribution is 5.55. The van der Waals surface area contributed by atoms with Gasteiger partial charge >= 0.3 is 0 Å². The summed E-state index contributed by atoms with van der Waals surface area (Å²) in [5.74, 6) is 0.545. The van der Waals surface area contributed by atoms with E-state index in [2.05, 4.69) is 20.4 Å². The van der Waals surface area contributed by atoms with E-state index in [0.29, 0.717) is 23.5 Å². The predicted octanol–water partition coefficient (Wildman–Crippen LogP) is 1.59. The lowest BCUT2D eigenvalue weighted by Crippen LogP contribution is -2.43. The van der Waals surface area contributed by atoms with Gasteiger partial charge in [0.05, 0.1) is 12.1 Å². The Morgan fingerprint density at radius 2 is 2.15 bits per heavy atom.